The van der Waals surface area contributed by atoms with Crippen LogP contribution < -0.4 is 20.5 Å². The van der Waals surface area contributed by atoms with Gasteiger partial charge in [0.1, 0.15) is 11.5 Å². The van der Waals surface area contributed by atoms with E-state index in [0.29, 0.717) is 12.3 Å². The minimum Gasteiger partial charge on any atom is -0.497 e. The quantitative estimate of drug-likeness (QED) is 0.771. The van der Waals surface area contributed by atoms with Gasteiger partial charge in [0.15, 0.2) is 6.10 Å². The highest BCUT2D eigenvalue weighted by atomic mass is 16.5. The summed E-state index contributed by atoms with van der Waals surface area (Å²) in [7, 11) is 1.60. The first-order chi connectivity index (χ1) is 10.0. The normalized spacial score (nSPS) is 12.1. The zero-order valence-electron chi connectivity index (χ0n) is 13.3. The molecule has 1 aromatic rings. The average molecular weight is 294 g/mol. The van der Waals surface area contributed by atoms with Crippen molar-refractivity contribution in [3.63, 3.8) is 0 Å². The molecule has 1 aromatic carbocycles. The largest absolute Gasteiger partial charge is 0.497 e. The Balaban J connectivity index is 2.73. The smallest absolute Gasteiger partial charge is 0.260 e. The molecular weight excluding hydrogens is 268 g/mol. The summed E-state index contributed by atoms with van der Waals surface area (Å²) in [5.74, 6) is 1.23. The van der Waals surface area contributed by atoms with Crippen molar-refractivity contribution in [1.29, 1.82) is 0 Å². The van der Waals surface area contributed by atoms with E-state index in [9.17, 15) is 4.79 Å². The second-order valence-corrected chi connectivity index (χ2v) is 4.96. The van der Waals surface area contributed by atoms with Crippen LogP contribution in [0.3, 0.4) is 0 Å². The van der Waals surface area contributed by atoms with Crippen LogP contribution >= 0.6 is 0 Å². The Morgan fingerprint density at radius 1 is 1.33 bits per heavy atom. The first kappa shape index (κ1) is 17.3. The van der Waals surface area contributed by atoms with Crippen LogP contribution in [0.1, 0.15) is 39.2 Å². The lowest BCUT2D eigenvalue weighted by Crippen LogP contribution is -2.42. The maximum atomic E-state index is 12.1. The molecule has 0 aliphatic heterocycles. The fourth-order valence-electron chi connectivity index (χ4n) is 2.01. The predicted molar refractivity (Wildman–Crippen MR) is 83.5 cm³/mol. The van der Waals surface area contributed by atoms with Crippen molar-refractivity contribution in [3.8, 4) is 11.5 Å². The second-order valence-electron chi connectivity index (χ2n) is 4.96. The molecular formula is C16H26N2O3. The Morgan fingerprint density at radius 2 is 2.00 bits per heavy atom. The molecule has 0 spiro atoms. The van der Waals surface area contributed by atoms with Gasteiger partial charge < -0.3 is 20.5 Å². The van der Waals surface area contributed by atoms with Crippen LogP contribution in [-0.4, -0.2) is 25.2 Å². The molecule has 0 aliphatic carbocycles. The minimum atomic E-state index is -0.565. The van der Waals surface area contributed by atoms with Crippen molar-refractivity contribution in [2.75, 3.05) is 7.11 Å². The van der Waals surface area contributed by atoms with Crippen LogP contribution in [-0.2, 0) is 11.3 Å². The highest BCUT2D eigenvalue weighted by molar-refractivity contribution is 5.81. The lowest BCUT2D eigenvalue weighted by Gasteiger charge is -2.20. The molecule has 0 aliphatic rings. The molecule has 5 heteroatoms. The monoisotopic (exact) mass is 294 g/mol. The van der Waals surface area contributed by atoms with E-state index in [-0.39, 0.29) is 11.9 Å². The number of methoxy groups -OCH3 is 1. The summed E-state index contributed by atoms with van der Waals surface area (Å²) in [6.45, 7) is 6.17. The summed E-state index contributed by atoms with van der Waals surface area (Å²) < 4.78 is 10.9. The summed E-state index contributed by atoms with van der Waals surface area (Å²) >= 11 is 0. The molecule has 0 saturated carbocycles. The third kappa shape index (κ3) is 4.93. The number of amides is 1. The molecule has 0 heterocycles. The lowest BCUT2D eigenvalue weighted by atomic mass is 10.1. The van der Waals surface area contributed by atoms with Crippen molar-refractivity contribution in [2.24, 2.45) is 5.73 Å². The van der Waals surface area contributed by atoms with E-state index in [4.69, 9.17) is 15.2 Å². The molecule has 0 radical (unpaired) electrons. The fourth-order valence-corrected chi connectivity index (χ4v) is 2.01. The standard InChI is InChI=1S/C16H26N2O3/c1-5-13(6-2)18-16(19)11(3)21-15-8-7-14(20-4)9-12(15)10-17/h7-9,11,13H,5-6,10,17H2,1-4H3,(H,18,19). The third-order valence-electron chi connectivity index (χ3n) is 3.49. The van der Waals surface area contributed by atoms with Gasteiger partial charge in [-0.25, -0.2) is 0 Å². The molecule has 1 rings (SSSR count). The molecule has 0 aromatic heterocycles. The van der Waals surface area contributed by atoms with Gasteiger partial charge in [0.25, 0.3) is 5.91 Å². The van der Waals surface area contributed by atoms with E-state index >= 15 is 0 Å². The number of carbonyl (C=O) groups excluding carboxylic acids is 1. The number of nitrogens with one attached hydrogen (secondary N) is 1. The number of hydrogen-bond donors (Lipinski definition) is 2. The van der Waals surface area contributed by atoms with Gasteiger partial charge in [-0.3, -0.25) is 4.79 Å². The molecule has 0 fully saturated rings. The number of ether oxygens (including phenoxy) is 2. The van der Waals surface area contributed by atoms with Crippen molar-refractivity contribution in [3.05, 3.63) is 23.8 Å². The van der Waals surface area contributed by atoms with E-state index in [1.807, 2.05) is 6.07 Å². The van der Waals surface area contributed by atoms with E-state index in [2.05, 4.69) is 19.2 Å². The third-order valence-corrected chi connectivity index (χ3v) is 3.49. The topological polar surface area (TPSA) is 73.6 Å². The van der Waals surface area contributed by atoms with Gasteiger partial charge in [-0.1, -0.05) is 13.8 Å². The molecule has 118 valence electrons. The van der Waals surface area contributed by atoms with Gasteiger partial charge in [0.2, 0.25) is 0 Å². The summed E-state index contributed by atoms with van der Waals surface area (Å²) in [5.41, 5.74) is 6.53. The zero-order valence-corrected chi connectivity index (χ0v) is 13.3. The van der Waals surface area contributed by atoms with E-state index in [1.165, 1.54) is 0 Å². The Bertz CT molecular complexity index is 459. The molecule has 0 bridgehead atoms. The minimum absolute atomic E-state index is 0.109. The number of benzene rings is 1. The van der Waals surface area contributed by atoms with Gasteiger partial charge in [-0.05, 0) is 38.0 Å². The van der Waals surface area contributed by atoms with Crippen molar-refractivity contribution >= 4 is 5.91 Å². The second kappa shape index (κ2) is 8.52. The van der Waals surface area contributed by atoms with Crippen molar-refractivity contribution < 1.29 is 14.3 Å². The molecule has 1 amide bonds. The maximum absolute atomic E-state index is 12.1. The molecule has 21 heavy (non-hydrogen) atoms. The van der Waals surface area contributed by atoms with E-state index in [1.54, 1.807) is 26.2 Å². The van der Waals surface area contributed by atoms with Crippen LogP contribution in [0.15, 0.2) is 18.2 Å². The highest BCUT2D eigenvalue weighted by Crippen LogP contribution is 2.24. The van der Waals surface area contributed by atoms with Crippen LogP contribution in [0.2, 0.25) is 0 Å². The van der Waals surface area contributed by atoms with Crippen LogP contribution in [0.5, 0.6) is 11.5 Å². The summed E-state index contributed by atoms with van der Waals surface area (Å²) in [6, 6.07) is 5.58. The van der Waals surface area contributed by atoms with E-state index < -0.39 is 6.10 Å². The van der Waals surface area contributed by atoms with Gasteiger partial charge in [-0.2, -0.15) is 0 Å². The summed E-state index contributed by atoms with van der Waals surface area (Å²) in [6.07, 6.45) is 1.25. The van der Waals surface area contributed by atoms with Crippen LogP contribution in [0, 0.1) is 0 Å². The fraction of sp³-hybridized carbons (Fsp3) is 0.562. The van der Waals surface area contributed by atoms with Gasteiger partial charge in [0.05, 0.1) is 7.11 Å². The van der Waals surface area contributed by atoms with Crippen LogP contribution in [0.4, 0.5) is 0 Å². The molecule has 0 saturated heterocycles. The maximum Gasteiger partial charge on any atom is 0.260 e. The Hall–Kier alpha value is -1.75. The SMILES string of the molecule is CCC(CC)NC(=O)C(C)Oc1ccc(OC)cc1CN. The summed E-state index contributed by atoms with van der Waals surface area (Å²) in [4.78, 5) is 12.1. The number of hydrogen-bond acceptors (Lipinski definition) is 4. The van der Waals surface area contributed by atoms with Crippen LogP contribution in [0.25, 0.3) is 0 Å². The molecule has 3 N–H and O–H groups in total. The van der Waals surface area contributed by atoms with E-state index in [0.717, 1.165) is 24.2 Å². The highest BCUT2D eigenvalue weighted by Gasteiger charge is 2.18. The van der Waals surface area contributed by atoms with Gasteiger partial charge in [0, 0.05) is 18.2 Å². The van der Waals surface area contributed by atoms with Crippen molar-refractivity contribution in [1.82, 2.24) is 5.32 Å². The first-order valence-electron chi connectivity index (χ1n) is 7.39. The number of rotatable bonds is 8. The molecule has 1 unspecified atom stereocenters. The summed E-state index contributed by atoms with van der Waals surface area (Å²) in [5, 5.41) is 2.98. The number of nitrogens with two attached hydrogens (primary N) is 1. The average Bonchev–Trinajstić information content (AvgIpc) is 2.52. The molecule has 5 nitrogen and oxygen atoms in total. The van der Waals surface area contributed by atoms with Gasteiger partial charge >= 0.3 is 0 Å². The zero-order chi connectivity index (χ0) is 15.8. The molecule has 1 atom stereocenters. The lowest BCUT2D eigenvalue weighted by molar-refractivity contribution is -0.128. The first-order valence-corrected chi connectivity index (χ1v) is 7.39. The Morgan fingerprint density at radius 3 is 2.52 bits per heavy atom. The van der Waals surface area contributed by atoms with Crippen molar-refractivity contribution in [2.45, 2.75) is 52.3 Å². The predicted octanol–water partition coefficient (Wildman–Crippen LogP) is 2.23. The van der Waals surface area contributed by atoms with Gasteiger partial charge in [-0.15, -0.1) is 0 Å². The number of carbonyl (C=O) groups is 1. The Labute approximate surface area is 126 Å². The Kier molecular flexibility index (Phi) is 7.02.